The highest BCUT2D eigenvalue weighted by Crippen LogP contribution is 2.30. The van der Waals surface area contributed by atoms with Crippen molar-refractivity contribution in [2.24, 2.45) is 0 Å². The normalized spacial score (nSPS) is 13.8. The lowest BCUT2D eigenvalue weighted by molar-refractivity contribution is 0.0746. The van der Waals surface area contributed by atoms with E-state index in [2.05, 4.69) is 36.9 Å². The second-order valence-corrected chi connectivity index (χ2v) is 9.75. The van der Waals surface area contributed by atoms with Crippen molar-refractivity contribution in [1.29, 1.82) is 0 Å². The molecule has 6 heteroatoms. The lowest BCUT2D eigenvalue weighted by atomic mass is 10.1. The molecule has 0 radical (unpaired) electrons. The van der Waals surface area contributed by atoms with Crippen molar-refractivity contribution in [3.63, 3.8) is 0 Å². The minimum absolute atomic E-state index is 0.0796. The molecule has 1 amide bonds. The number of ether oxygens (including phenoxy) is 1. The Morgan fingerprint density at radius 3 is 2.42 bits per heavy atom. The van der Waals surface area contributed by atoms with Gasteiger partial charge in [-0.2, -0.15) is 0 Å². The molecule has 3 aromatic rings. The number of hydrogen-bond donors (Lipinski definition) is 0. The number of nitrogens with zero attached hydrogens (tertiary/aromatic N) is 2. The highest BCUT2D eigenvalue weighted by Gasteiger charge is 2.24. The number of carbonyl (C=O) groups excluding carboxylic acids is 1. The quantitative estimate of drug-likeness (QED) is 0.392. The van der Waals surface area contributed by atoms with E-state index in [1.165, 1.54) is 16.8 Å². The zero-order valence-electron chi connectivity index (χ0n) is 19.3. The van der Waals surface area contributed by atoms with Gasteiger partial charge in [-0.15, -0.1) is 11.8 Å². The molecule has 172 valence electrons. The lowest BCUT2D eigenvalue weighted by Gasteiger charge is -2.37. The molecule has 4 nitrogen and oxygen atoms in total. The van der Waals surface area contributed by atoms with Crippen LogP contribution in [-0.2, 0) is 5.75 Å². The first-order valence-electron chi connectivity index (χ1n) is 11.1. The Balaban J connectivity index is 1.43. The Morgan fingerprint density at radius 2 is 1.73 bits per heavy atom. The zero-order chi connectivity index (χ0) is 23.4. The fourth-order valence-corrected chi connectivity index (χ4v) is 5.13. The van der Waals surface area contributed by atoms with Crippen LogP contribution in [-0.4, -0.2) is 44.1 Å². The van der Waals surface area contributed by atoms with Crippen molar-refractivity contribution in [3.05, 3.63) is 87.9 Å². The van der Waals surface area contributed by atoms with Crippen LogP contribution >= 0.6 is 23.4 Å². The van der Waals surface area contributed by atoms with Crippen LogP contribution in [0.4, 0.5) is 5.69 Å². The molecule has 0 spiro atoms. The third-order valence-corrected chi connectivity index (χ3v) is 7.53. The average molecular weight is 481 g/mol. The molecule has 0 unspecified atom stereocenters. The monoisotopic (exact) mass is 480 g/mol. The van der Waals surface area contributed by atoms with Crippen molar-refractivity contribution in [3.8, 4) is 5.75 Å². The van der Waals surface area contributed by atoms with Crippen LogP contribution in [0.1, 0.15) is 27.0 Å². The number of amides is 1. The molecule has 1 aliphatic heterocycles. The van der Waals surface area contributed by atoms with Gasteiger partial charge >= 0.3 is 0 Å². The molecule has 1 aliphatic rings. The third kappa shape index (κ3) is 5.48. The van der Waals surface area contributed by atoms with E-state index in [1.807, 2.05) is 47.4 Å². The molecule has 0 N–H and O–H groups in total. The Bertz CT molecular complexity index is 1130. The van der Waals surface area contributed by atoms with Crippen LogP contribution in [0, 0.1) is 13.8 Å². The number of hydrogen-bond acceptors (Lipinski definition) is 4. The van der Waals surface area contributed by atoms with E-state index in [0.717, 1.165) is 34.3 Å². The van der Waals surface area contributed by atoms with Gasteiger partial charge in [0.1, 0.15) is 5.75 Å². The smallest absolute Gasteiger partial charge is 0.253 e. The van der Waals surface area contributed by atoms with Crippen LogP contribution in [0.25, 0.3) is 0 Å². The summed E-state index contributed by atoms with van der Waals surface area (Å²) >= 11 is 7.69. The Kier molecular flexibility index (Phi) is 7.51. The van der Waals surface area contributed by atoms with E-state index in [0.29, 0.717) is 24.4 Å². The second kappa shape index (κ2) is 10.5. The first kappa shape index (κ1) is 23.5. The lowest BCUT2D eigenvalue weighted by Crippen LogP contribution is -2.49. The first-order valence-corrected chi connectivity index (χ1v) is 12.5. The van der Waals surface area contributed by atoms with Gasteiger partial charge in [0.15, 0.2) is 0 Å². The minimum atomic E-state index is 0.0796. The Hall–Kier alpha value is -2.63. The summed E-state index contributed by atoms with van der Waals surface area (Å²) in [5, 5.41) is 0.724. The number of methoxy groups -OCH3 is 1. The van der Waals surface area contributed by atoms with Crippen molar-refractivity contribution in [2.75, 3.05) is 38.2 Å². The van der Waals surface area contributed by atoms with Gasteiger partial charge in [-0.1, -0.05) is 23.7 Å². The number of halogens is 1. The summed E-state index contributed by atoms with van der Waals surface area (Å²) in [6, 6.07) is 20.0. The Morgan fingerprint density at radius 1 is 1.00 bits per heavy atom. The summed E-state index contributed by atoms with van der Waals surface area (Å²) in [7, 11) is 1.67. The summed E-state index contributed by atoms with van der Waals surface area (Å²) < 4.78 is 5.55. The van der Waals surface area contributed by atoms with Gasteiger partial charge in [0.25, 0.3) is 5.91 Å². The highest BCUT2D eigenvalue weighted by molar-refractivity contribution is 7.98. The van der Waals surface area contributed by atoms with Crippen LogP contribution in [0.2, 0.25) is 5.02 Å². The number of anilines is 1. The number of thioether (sulfide) groups is 1. The number of piperazine rings is 1. The molecule has 0 saturated carbocycles. The van der Waals surface area contributed by atoms with Crippen LogP contribution in [0.15, 0.2) is 65.6 Å². The summed E-state index contributed by atoms with van der Waals surface area (Å²) in [6.45, 7) is 7.42. The molecule has 4 rings (SSSR count). The molecule has 33 heavy (non-hydrogen) atoms. The predicted octanol–water partition coefficient (Wildman–Crippen LogP) is 6.22. The molecule has 0 bridgehead atoms. The molecule has 1 heterocycles. The van der Waals surface area contributed by atoms with Gasteiger partial charge in [0, 0.05) is 58.7 Å². The second-order valence-electron chi connectivity index (χ2n) is 8.27. The van der Waals surface area contributed by atoms with Gasteiger partial charge in [-0.25, -0.2) is 0 Å². The molecular weight excluding hydrogens is 452 g/mol. The predicted molar refractivity (Wildman–Crippen MR) is 138 cm³/mol. The Labute approximate surface area is 205 Å². The summed E-state index contributed by atoms with van der Waals surface area (Å²) in [4.78, 5) is 18.7. The standard InChI is InChI=1S/C27H29ClN2O2S/c1-19-5-4-6-25(20(19)2)29-13-15-30(16-14-29)27(31)21-7-12-26(32-3)22(17-21)18-33-24-10-8-23(28)9-11-24/h4-12,17H,13-16,18H2,1-3H3. The van der Waals surface area contributed by atoms with Gasteiger partial charge in [0.2, 0.25) is 0 Å². The fourth-order valence-electron chi connectivity index (χ4n) is 4.13. The first-order chi connectivity index (χ1) is 16.0. The summed E-state index contributed by atoms with van der Waals surface area (Å²) in [5.74, 6) is 1.59. The number of aryl methyl sites for hydroxylation is 1. The topological polar surface area (TPSA) is 32.8 Å². The molecule has 3 aromatic carbocycles. The van der Waals surface area contributed by atoms with Crippen molar-refractivity contribution < 1.29 is 9.53 Å². The van der Waals surface area contributed by atoms with Gasteiger partial charge < -0.3 is 14.5 Å². The van der Waals surface area contributed by atoms with Gasteiger partial charge in [0.05, 0.1) is 7.11 Å². The molecule has 0 aromatic heterocycles. The number of carbonyl (C=O) groups is 1. The SMILES string of the molecule is COc1ccc(C(=O)N2CCN(c3cccc(C)c3C)CC2)cc1CSc1ccc(Cl)cc1. The summed E-state index contributed by atoms with van der Waals surface area (Å²) in [6.07, 6.45) is 0. The molecular formula is C27H29ClN2O2S. The maximum atomic E-state index is 13.3. The maximum Gasteiger partial charge on any atom is 0.253 e. The molecule has 0 atom stereocenters. The third-order valence-electron chi connectivity index (χ3n) is 6.22. The van der Waals surface area contributed by atoms with E-state index < -0.39 is 0 Å². The van der Waals surface area contributed by atoms with Crippen LogP contribution in [0.3, 0.4) is 0 Å². The molecule has 1 fully saturated rings. The van der Waals surface area contributed by atoms with Crippen LogP contribution < -0.4 is 9.64 Å². The zero-order valence-corrected chi connectivity index (χ0v) is 20.9. The molecule has 1 saturated heterocycles. The van der Waals surface area contributed by atoms with Crippen molar-refractivity contribution >= 4 is 35.0 Å². The largest absolute Gasteiger partial charge is 0.496 e. The van der Waals surface area contributed by atoms with E-state index in [-0.39, 0.29) is 5.91 Å². The highest BCUT2D eigenvalue weighted by atomic mass is 35.5. The molecule has 0 aliphatic carbocycles. The van der Waals surface area contributed by atoms with E-state index >= 15 is 0 Å². The fraction of sp³-hybridized carbons (Fsp3) is 0.296. The van der Waals surface area contributed by atoms with Gasteiger partial charge in [-0.3, -0.25) is 4.79 Å². The van der Waals surface area contributed by atoms with E-state index in [4.69, 9.17) is 16.3 Å². The number of benzene rings is 3. The summed E-state index contributed by atoms with van der Waals surface area (Å²) in [5.41, 5.74) is 5.61. The van der Waals surface area contributed by atoms with E-state index in [1.54, 1.807) is 18.9 Å². The number of rotatable bonds is 6. The average Bonchev–Trinajstić information content (AvgIpc) is 2.85. The van der Waals surface area contributed by atoms with Crippen LogP contribution in [0.5, 0.6) is 5.75 Å². The maximum absolute atomic E-state index is 13.3. The van der Waals surface area contributed by atoms with Gasteiger partial charge in [-0.05, 0) is 73.5 Å². The van der Waals surface area contributed by atoms with Crippen molar-refractivity contribution in [1.82, 2.24) is 4.90 Å². The van der Waals surface area contributed by atoms with Crippen molar-refractivity contribution in [2.45, 2.75) is 24.5 Å². The minimum Gasteiger partial charge on any atom is -0.496 e. The van der Waals surface area contributed by atoms with E-state index in [9.17, 15) is 4.79 Å².